The Morgan fingerprint density at radius 3 is 2.64 bits per heavy atom. The number of halogens is 3. The molecule has 0 bridgehead atoms. The van der Waals surface area contributed by atoms with Crippen LogP contribution in [0.5, 0.6) is 0 Å². The number of carbonyl (C=O) groups excluding carboxylic acids is 2. The van der Waals surface area contributed by atoms with E-state index in [1.54, 1.807) is 23.3 Å². The van der Waals surface area contributed by atoms with Crippen LogP contribution in [0, 0.1) is 18.8 Å². The number of aromatic nitrogens is 2. The van der Waals surface area contributed by atoms with Crippen LogP contribution >= 0.6 is 11.3 Å². The van der Waals surface area contributed by atoms with E-state index >= 15 is 0 Å². The lowest BCUT2D eigenvalue weighted by Crippen LogP contribution is -2.35. The molecule has 0 aromatic carbocycles. The number of aliphatic carboxylic acids is 1. The summed E-state index contributed by atoms with van der Waals surface area (Å²) in [7, 11) is 0. The van der Waals surface area contributed by atoms with E-state index in [4.69, 9.17) is 14.6 Å². The Balaban J connectivity index is 0.000000383. The molecule has 2 aliphatic heterocycles. The molecule has 9 nitrogen and oxygen atoms in total. The van der Waals surface area contributed by atoms with E-state index in [1.165, 1.54) is 11.3 Å². The minimum absolute atomic E-state index is 0.00976. The fraction of sp³-hybridized carbons (Fsp3) is 0.450. The van der Waals surface area contributed by atoms with Crippen LogP contribution in [0.25, 0.3) is 0 Å². The van der Waals surface area contributed by atoms with Crippen LogP contribution in [-0.4, -0.2) is 76.3 Å². The van der Waals surface area contributed by atoms with Gasteiger partial charge < -0.3 is 20.1 Å². The van der Waals surface area contributed by atoms with Gasteiger partial charge >= 0.3 is 12.1 Å². The van der Waals surface area contributed by atoms with E-state index in [2.05, 4.69) is 15.3 Å². The lowest BCUT2D eigenvalue weighted by molar-refractivity contribution is -0.192. The van der Waals surface area contributed by atoms with Gasteiger partial charge in [0.1, 0.15) is 5.69 Å². The number of carbonyl (C=O) groups is 3. The molecule has 2 saturated heterocycles. The molecule has 13 heteroatoms. The highest BCUT2D eigenvalue weighted by atomic mass is 32.1. The van der Waals surface area contributed by atoms with Gasteiger partial charge in [0.2, 0.25) is 0 Å². The number of thiazole rings is 1. The molecule has 0 unspecified atom stereocenters. The van der Waals surface area contributed by atoms with Crippen molar-refractivity contribution < 1.29 is 37.4 Å². The van der Waals surface area contributed by atoms with Crippen molar-refractivity contribution in [3.8, 4) is 0 Å². The highest BCUT2D eigenvalue weighted by Gasteiger charge is 2.45. The van der Waals surface area contributed by atoms with Crippen LogP contribution in [-0.2, 0) is 9.53 Å². The van der Waals surface area contributed by atoms with Crippen LogP contribution < -0.4 is 5.32 Å². The van der Waals surface area contributed by atoms with Crippen molar-refractivity contribution in [1.29, 1.82) is 0 Å². The maximum Gasteiger partial charge on any atom is 0.490 e. The third-order valence-electron chi connectivity index (χ3n) is 5.28. The average Bonchev–Trinajstić information content (AvgIpc) is 3.49. The summed E-state index contributed by atoms with van der Waals surface area (Å²) in [4.78, 5) is 43.6. The molecular formula is C20H21F3N4O5S. The Morgan fingerprint density at radius 2 is 2.03 bits per heavy atom. The second-order valence-electron chi connectivity index (χ2n) is 7.64. The van der Waals surface area contributed by atoms with E-state index in [0.717, 1.165) is 5.56 Å². The van der Waals surface area contributed by atoms with Crippen LogP contribution in [0.15, 0.2) is 29.4 Å². The van der Waals surface area contributed by atoms with Crippen LogP contribution in [0.3, 0.4) is 0 Å². The summed E-state index contributed by atoms with van der Waals surface area (Å²) in [5.74, 6) is -2.48. The van der Waals surface area contributed by atoms with Gasteiger partial charge in [0.25, 0.3) is 11.8 Å². The van der Waals surface area contributed by atoms with Crippen LogP contribution in [0.4, 0.5) is 13.2 Å². The van der Waals surface area contributed by atoms with E-state index in [1.807, 2.05) is 17.9 Å². The zero-order valence-electron chi connectivity index (χ0n) is 17.4. The summed E-state index contributed by atoms with van der Waals surface area (Å²) < 4.78 is 37.6. The highest BCUT2D eigenvalue weighted by Crippen LogP contribution is 2.34. The maximum atomic E-state index is 12.7. The monoisotopic (exact) mass is 486 g/mol. The minimum Gasteiger partial charge on any atom is -0.475 e. The first-order chi connectivity index (χ1) is 15.6. The van der Waals surface area contributed by atoms with Crippen LogP contribution in [0.2, 0.25) is 0 Å². The summed E-state index contributed by atoms with van der Waals surface area (Å²) in [5.41, 5.74) is 3.66. The molecule has 0 spiro atoms. The van der Waals surface area contributed by atoms with Gasteiger partial charge in [-0.2, -0.15) is 13.2 Å². The molecule has 4 rings (SSSR count). The Morgan fingerprint density at radius 1 is 1.30 bits per heavy atom. The van der Waals surface area contributed by atoms with Gasteiger partial charge in [-0.1, -0.05) is 0 Å². The van der Waals surface area contributed by atoms with Gasteiger partial charge in [-0.05, 0) is 18.6 Å². The fourth-order valence-electron chi connectivity index (χ4n) is 3.67. The van der Waals surface area contributed by atoms with Gasteiger partial charge in [-0.15, -0.1) is 11.3 Å². The molecular weight excluding hydrogens is 465 g/mol. The van der Waals surface area contributed by atoms with Gasteiger partial charge in [-0.25, -0.2) is 9.78 Å². The van der Waals surface area contributed by atoms with Crippen molar-refractivity contribution in [3.05, 3.63) is 46.2 Å². The second kappa shape index (κ2) is 10.3. The first kappa shape index (κ1) is 24.6. The number of rotatable bonds is 4. The molecule has 0 saturated carbocycles. The van der Waals surface area contributed by atoms with Crippen molar-refractivity contribution >= 4 is 29.1 Å². The summed E-state index contributed by atoms with van der Waals surface area (Å²) in [6, 6.07) is 1.86. The number of hydrogen-bond acceptors (Lipinski definition) is 7. The van der Waals surface area contributed by atoms with Crippen molar-refractivity contribution in [2.45, 2.75) is 19.2 Å². The molecule has 3 atom stereocenters. The molecule has 2 N–H and O–H groups in total. The number of likely N-dealkylation sites (tertiary alicyclic amines) is 1. The predicted octanol–water partition coefficient (Wildman–Crippen LogP) is 2.00. The number of amides is 2. The Hall–Kier alpha value is -3.06. The quantitative estimate of drug-likeness (QED) is 0.678. The SMILES string of the molecule is Cc1cncc(C(=O)N2C[C@@H]3[C@@H](CNC(=O)c4cscn4)CO[C@@H]3C2)c1.O=C(O)C(F)(F)F. The number of pyridine rings is 1. The highest BCUT2D eigenvalue weighted by molar-refractivity contribution is 7.07. The summed E-state index contributed by atoms with van der Waals surface area (Å²) >= 11 is 1.40. The molecule has 2 fully saturated rings. The van der Waals surface area contributed by atoms with E-state index in [-0.39, 0.29) is 29.8 Å². The third-order valence-corrected chi connectivity index (χ3v) is 5.87. The first-order valence-electron chi connectivity index (χ1n) is 9.85. The number of alkyl halides is 3. The van der Waals surface area contributed by atoms with Gasteiger partial charge in [0.05, 0.1) is 23.8 Å². The van der Waals surface area contributed by atoms with Crippen molar-refractivity contribution in [1.82, 2.24) is 20.2 Å². The summed E-state index contributed by atoms with van der Waals surface area (Å²) in [5, 5.41) is 11.8. The average molecular weight is 486 g/mol. The van der Waals surface area contributed by atoms with Gasteiger partial charge in [0, 0.05) is 49.2 Å². The molecule has 2 aromatic rings. The van der Waals surface area contributed by atoms with Gasteiger partial charge in [-0.3, -0.25) is 14.6 Å². The third kappa shape index (κ3) is 6.26. The topological polar surface area (TPSA) is 122 Å². The number of nitrogens with one attached hydrogen (secondary N) is 1. The van der Waals surface area contributed by atoms with Gasteiger partial charge in [0.15, 0.2) is 0 Å². The predicted molar refractivity (Wildman–Crippen MR) is 110 cm³/mol. The standard InChI is InChI=1S/C18H20N4O3S.C2HF3O2/c1-11-2-12(4-19-3-11)18(24)22-6-14-13(8-25-16(14)7-22)5-20-17(23)15-9-26-10-21-15;3-2(4,5)1(6)7/h2-4,9-10,13-14,16H,5-8H2,1H3,(H,20,23);(H,6,7)/t13-,14+,16+;/m0./s1. The molecule has 178 valence electrons. The summed E-state index contributed by atoms with van der Waals surface area (Å²) in [6.45, 7) is 4.31. The number of hydrogen-bond donors (Lipinski definition) is 2. The zero-order valence-corrected chi connectivity index (χ0v) is 18.2. The number of carboxylic acids is 1. The van der Waals surface area contributed by atoms with Crippen molar-refractivity contribution in [2.24, 2.45) is 11.8 Å². The smallest absolute Gasteiger partial charge is 0.475 e. The number of aryl methyl sites for hydroxylation is 1. The number of fused-ring (bicyclic) bond motifs is 1. The molecule has 2 amide bonds. The van der Waals surface area contributed by atoms with E-state index < -0.39 is 12.1 Å². The lowest BCUT2D eigenvalue weighted by atomic mass is 9.93. The van der Waals surface area contributed by atoms with Crippen LogP contribution in [0.1, 0.15) is 26.4 Å². The zero-order chi connectivity index (χ0) is 24.2. The molecule has 0 aliphatic carbocycles. The Bertz CT molecular complexity index is 1000. The molecule has 2 aromatic heterocycles. The first-order valence-corrected chi connectivity index (χ1v) is 10.8. The fourth-order valence-corrected chi connectivity index (χ4v) is 4.20. The van der Waals surface area contributed by atoms with Crippen molar-refractivity contribution in [3.63, 3.8) is 0 Å². The molecule has 2 aliphatic rings. The maximum absolute atomic E-state index is 12.7. The normalized spacial score (nSPS) is 21.7. The summed E-state index contributed by atoms with van der Waals surface area (Å²) in [6.07, 6.45) is -1.70. The molecule has 0 radical (unpaired) electrons. The number of ether oxygens (including phenoxy) is 1. The number of carboxylic acid groups (broad SMARTS) is 1. The molecule has 4 heterocycles. The molecule has 33 heavy (non-hydrogen) atoms. The second-order valence-corrected chi connectivity index (χ2v) is 8.36. The Labute approximate surface area is 190 Å². The van der Waals surface area contributed by atoms with E-state index in [0.29, 0.717) is 37.5 Å². The lowest BCUT2D eigenvalue weighted by Gasteiger charge is -2.20. The van der Waals surface area contributed by atoms with E-state index in [9.17, 15) is 22.8 Å². The largest absolute Gasteiger partial charge is 0.490 e. The number of nitrogens with zero attached hydrogens (tertiary/aromatic N) is 3. The Kier molecular flexibility index (Phi) is 7.64. The van der Waals surface area contributed by atoms with Crippen molar-refractivity contribution in [2.75, 3.05) is 26.2 Å². The minimum atomic E-state index is -5.08.